The lowest BCUT2D eigenvalue weighted by Gasteiger charge is -2.18. The fraction of sp³-hybridized carbons (Fsp3) is 0.312. The minimum atomic E-state index is 0.247. The molecule has 1 heterocycles. The van der Waals surface area contributed by atoms with Crippen molar-refractivity contribution < 1.29 is 5.11 Å². The van der Waals surface area contributed by atoms with Crippen molar-refractivity contribution in [2.24, 2.45) is 5.41 Å². The molecule has 1 N–H and O–H groups in total. The van der Waals surface area contributed by atoms with Gasteiger partial charge in [0, 0.05) is 11.8 Å². The summed E-state index contributed by atoms with van der Waals surface area (Å²) in [5, 5.41) is 9.85. The Bertz CT molecular complexity index is 541. The smallest absolute Gasteiger partial charge is 0.124 e. The summed E-state index contributed by atoms with van der Waals surface area (Å²) in [5.74, 6) is 0.276. The van der Waals surface area contributed by atoms with E-state index in [-0.39, 0.29) is 11.2 Å². The van der Waals surface area contributed by atoms with Crippen LogP contribution in [0.15, 0.2) is 42.6 Å². The standard InChI is InChI=1S/C16H19NO/c1-16(2,3)11-12-8-9-17-14(10-12)13-6-4-5-7-15(13)18/h4-10,18H,11H2,1-3H3. The van der Waals surface area contributed by atoms with Crippen LogP contribution in [0, 0.1) is 5.41 Å². The Balaban J connectivity index is 2.36. The summed E-state index contributed by atoms with van der Waals surface area (Å²) < 4.78 is 0. The molecule has 0 radical (unpaired) electrons. The number of hydrogen-bond acceptors (Lipinski definition) is 2. The van der Waals surface area contributed by atoms with E-state index in [1.54, 1.807) is 6.07 Å². The number of phenolic OH excluding ortho intramolecular Hbond substituents is 1. The summed E-state index contributed by atoms with van der Waals surface area (Å²) in [4.78, 5) is 4.34. The van der Waals surface area contributed by atoms with Crippen LogP contribution in [-0.4, -0.2) is 10.1 Å². The molecule has 0 saturated heterocycles. The summed E-state index contributed by atoms with van der Waals surface area (Å²) in [6.07, 6.45) is 2.80. The average molecular weight is 241 g/mol. The van der Waals surface area contributed by atoms with Crippen molar-refractivity contribution in [1.29, 1.82) is 0 Å². The van der Waals surface area contributed by atoms with Crippen molar-refractivity contribution in [3.63, 3.8) is 0 Å². The van der Waals surface area contributed by atoms with Crippen LogP contribution in [0.5, 0.6) is 5.75 Å². The molecule has 2 nitrogen and oxygen atoms in total. The van der Waals surface area contributed by atoms with Crippen LogP contribution in [-0.2, 0) is 6.42 Å². The lowest BCUT2D eigenvalue weighted by Crippen LogP contribution is -2.09. The number of para-hydroxylation sites is 1. The molecule has 0 aliphatic rings. The zero-order valence-electron chi connectivity index (χ0n) is 11.1. The van der Waals surface area contributed by atoms with Gasteiger partial charge in [-0.25, -0.2) is 0 Å². The molecule has 0 saturated carbocycles. The van der Waals surface area contributed by atoms with Crippen LogP contribution in [0.1, 0.15) is 26.3 Å². The third kappa shape index (κ3) is 3.10. The Morgan fingerprint density at radius 2 is 1.83 bits per heavy atom. The van der Waals surface area contributed by atoms with Gasteiger partial charge in [-0.2, -0.15) is 0 Å². The van der Waals surface area contributed by atoms with Crippen molar-refractivity contribution >= 4 is 0 Å². The molecule has 0 aliphatic heterocycles. The quantitative estimate of drug-likeness (QED) is 0.860. The van der Waals surface area contributed by atoms with Gasteiger partial charge in [-0.05, 0) is 41.7 Å². The van der Waals surface area contributed by atoms with Crippen molar-refractivity contribution in [2.45, 2.75) is 27.2 Å². The van der Waals surface area contributed by atoms with E-state index < -0.39 is 0 Å². The minimum Gasteiger partial charge on any atom is -0.507 e. The van der Waals surface area contributed by atoms with Crippen LogP contribution < -0.4 is 0 Å². The molecular formula is C16H19NO. The van der Waals surface area contributed by atoms with Crippen LogP contribution in [0.2, 0.25) is 0 Å². The summed E-state index contributed by atoms with van der Waals surface area (Å²) in [6, 6.07) is 11.4. The van der Waals surface area contributed by atoms with Crippen molar-refractivity contribution in [1.82, 2.24) is 4.98 Å². The first-order chi connectivity index (χ1) is 8.46. The van der Waals surface area contributed by atoms with E-state index in [4.69, 9.17) is 0 Å². The van der Waals surface area contributed by atoms with Gasteiger partial charge >= 0.3 is 0 Å². The fourth-order valence-corrected chi connectivity index (χ4v) is 2.03. The molecule has 2 heteroatoms. The third-order valence-electron chi connectivity index (χ3n) is 2.74. The van der Waals surface area contributed by atoms with Crippen LogP contribution in [0.3, 0.4) is 0 Å². The first-order valence-corrected chi connectivity index (χ1v) is 6.19. The number of phenols is 1. The van der Waals surface area contributed by atoms with E-state index in [9.17, 15) is 5.11 Å². The minimum absolute atomic E-state index is 0.247. The Hall–Kier alpha value is -1.83. The molecule has 0 aliphatic carbocycles. The number of hydrogen-bond donors (Lipinski definition) is 1. The highest BCUT2D eigenvalue weighted by Gasteiger charge is 2.12. The van der Waals surface area contributed by atoms with Crippen molar-refractivity contribution in [3.05, 3.63) is 48.2 Å². The molecular weight excluding hydrogens is 222 g/mol. The maximum atomic E-state index is 9.85. The summed E-state index contributed by atoms with van der Waals surface area (Å²) in [6.45, 7) is 6.65. The Kier molecular flexibility index (Phi) is 3.37. The maximum absolute atomic E-state index is 9.85. The molecule has 94 valence electrons. The number of aromatic hydroxyl groups is 1. The fourth-order valence-electron chi connectivity index (χ4n) is 2.03. The van der Waals surface area contributed by atoms with Gasteiger partial charge < -0.3 is 5.11 Å². The predicted molar refractivity (Wildman–Crippen MR) is 74.5 cm³/mol. The first kappa shape index (κ1) is 12.6. The SMILES string of the molecule is CC(C)(C)Cc1ccnc(-c2ccccc2O)c1. The zero-order chi connectivity index (χ0) is 13.2. The summed E-state index contributed by atoms with van der Waals surface area (Å²) in [7, 11) is 0. The number of benzene rings is 1. The summed E-state index contributed by atoms with van der Waals surface area (Å²) >= 11 is 0. The van der Waals surface area contributed by atoms with E-state index in [0.717, 1.165) is 17.7 Å². The predicted octanol–water partition coefficient (Wildman–Crippen LogP) is 4.04. The lowest BCUT2D eigenvalue weighted by atomic mass is 9.88. The number of aromatic nitrogens is 1. The maximum Gasteiger partial charge on any atom is 0.124 e. The molecule has 0 fully saturated rings. The molecule has 0 bridgehead atoms. The van der Waals surface area contributed by atoms with E-state index in [1.165, 1.54) is 5.56 Å². The van der Waals surface area contributed by atoms with Crippen LogP contribution in [0.4, 0.5) is 0 Å². The van der Waals surface area contributed by atoms with Crippen LogP contribution in [0.25, 0.3) is 11.3 Å². The average Bonchev–Trinajstić information content (AvgIpc) is 2.27. The van der Waals surface area contributed by atoms with Crippen LogP contribution >= 0.6 is 0 Å². The number of nitrogens with zero attached hydrogens (tertiary/aromatic N) is 1. The molecule has 0 spiro atoms. The van der Waals surface area contributed by atoms with Gasteiger partial charge in [0.1, 0.15) is 5.75 Å². The second-order valence-corrected chi connectivity index (χ2v) is 5.80. The Morgan fingerprint density at radius 1 is 1.11 bits per heavy atom. The monoisotopic (exact) mass is 241 g/mol. The molecule has 1 aromatic carbocycles. The molecule has 2 rings (SSSR count). The molecule has 2 aromatic rings. The van der Waals surface area contributed by atoms with E-state index in [2.05, 4.69) is 31.8 Å². The highest BCUT2D eigenvalue weighted by Crippen LogP contribution is 2.28. The second kappa shape index (κ2) is 4.81. The topological polar surface area (TPSA) is 33.1 Å². The summed E-state index contributed by atoms with van der Waals surface area (Å²) in [5.41, 5.74) is 3.11. The first-order valence-electron chi connectivity index (χ1n) is 6.19. The third-order valence-corrected chi connectivity index (χ3v) is 2.74. The van der Waals surface area contributed by atoms with E-state index >= 15 is 0 Å². The van der Waals surface area contributed by atoms with Gasteiger partial charge in [-0.3, -0.25) is 4.98 Å². The molecule has 1 aromatic heterocycles. The van der Waals surface area contributed by atoms with Gasteiger partial charge in [-0.15, -0.1) is 0 Å². The largest absolute Gasteiger partial charge is 0.507 e. The number of pyridine rings is 1. The molecule has 18 heavy (non-hydrogen) atoms. The van der Waals surface area contributed by atoms with Gasteiger partial charge in [0.25, 0.3) is 0 Å². The van der Waals surface area contributed by atoms with Gasteiger partial charge in [0.05, 0.1) is 5.69 Å². The van der Waals surface area contributed by atoms with Gasteiger partial charge in [0.15, 0.2) is 0 Å². The molecule has 0 unspecified atom stereocenters. The zero-order valence-corrected chi connectivity index (χ0v) is 11.1. The van der Waals surface area contributed by atoms with E-state index in [0.29, 0.717) is 0 Å². The van der Waals surface area contributed by atoms with Gasteiger partial charge in [0.2, 0.25) is 0 Å². The highest BCUT2D eigenvalue weighted by atomic mass is 16.3. The van der Waals surface area contributed by atoms with Gasteiger partial charge in [-0.1, -0.05) is 32.9 Å². The highest BCUT2D eigenvalue weighted by molar-refractivity contribution is 5.66. The van der Waals surface area contributed by atoms with Crippen molar-refractivity contribution in [2.75, 3.05) is 0 Å². The van der Waals surface area contributed by atoms with Crippen molar-refractivity contribution in [3.8, 4) is 17.0 Å². The second-order valence-electron chi connectivity index (χ2n) is 5.80. The molecule has 0 atom stereocenters. The Labute approximate surface area is 108 Å². The number of rotatable bonds is 2. The lowest BCUT2D eigenvalue weighted by molar-refractivity contribution is 0.411. The molecule has 0 amide bonds. The van der Waals surface area contributed by atoms with E-state index in [1.807, 2.05) is 30.5 Å². The normalized spacial score (nSPS) is 11.5. The Morgan fingerprint density at radius 3 is 2.50 bits per heavy atom.